The van der Waals surface area contributed by atoms with Crippen LogP contribution in [0.3, 0.4) is 0 Å². The zero-order valence-electron chi connectivity index (χ0n) is 12.9. The molecule has 0 radical (unpaired) electrons. The molecule has 1 aromatic heterocycles. The number of methoxy groups -OCH3 is 1. The number of ether oxygens (including phenoxy) is 1. The Labute approximate surface area is 126 Å². The fourth-order valence-electron chi connectivity index (χ4n) is 2.23. The van der Waals surface area contributed by atoms with Gasteiger partial charge in [-0.15, -0.1) is 0 Å². The van der Waals surface area contributed by atoms with Gasteiger partial charge in [-0.3, -0.25) is 0 Å². The molecule has 0 fully saturated rings. The number of hydrogen-bond acceptors (Lipinski definition) is 4. The highest BCUT2D eigenvalue weighted by Gasteiger charge is 2.12. The number of aromatic nitrogens is 1. The van der Waals surface area contributed by atoms with Crippen molar-refractivity contribution in [1.82, 2.24) is 4.98 Å². The van der Waals surface area contributed by atoms with Crippen molar-refractivity contribution in [3.05, 3.63) is 53.7 Å². The normalized spacial score (nSPS) is 10.7. The van der Waals surface area contributed by atoms with Gasteiger partial charge in [-0.25, -0.2) is 4.98 Å². The van der Waals surface area contributed by atoms with Crippen LogP contribution in [0.2, 0.25) is 0 Å². The van der Waals surface area contributed by atoms with Gasteiger partial charge in [0.25, 0.3) is 0 Å². The van der Waals surface area contributed by atoms with E-state index in [9.17, 15) is 0 Å². The number of rotatable bonds is 6. The van der Waals surface area contributed by atoms with Crippen LogP contribution in [0.4, 0.5) is 5.69 Å². The van der Waals surface area contributed by atoms with E-state index >= 15 is 0 Å². The van der Waals surface area contributed by atoms with Gasteiger partial charge in [0.05, 0.1) is 19.3 Å². The van der Waals surface area contributed by atoms with Crippen molar-refractivity contribution in [2.75, 3.05) is 12.0 Å². The van der Waals surface area contributed by atoms with Gasteiger partial charge >= 0.3 is 0 Å². The lowest BCUT2D eigenvalue weighted by molar-refractivity contribution is 0.396. The fraction of sp³-hybridized carbons (Fsp3) is 0.353. The van der Waals surface area contributed by atoms with Crippen LogP contribution in [0, 0.1) is 0 Å². The van der Waals surface area contributed by atoms with Gasteiger partial charge < -0.3 is 15.4 Å². The van der Waals surface area contributed by atoms with Crippen LogP contribution >= 0.6 is 0 Å². The van der Waals surface area contributed by atoms with Crippen LogP contribution in [0.1, 0.15) is 25.1 Å². The summed E-state index contributed by atoms with van der Waals surface area (Å²) in [5, 5.41) is 0. The number of benzene rings is 1. The Kier molecular flexibility index (Phi) is 5.17. The molecule has 112 valence electrons. The van der Waals surface area contributed by atoms with Crippen molar-refractivity contribution >= 4 is 5.69 Å². The third-order valence-electron chi connectivity index (χ3n) is 3.45. The minimum atomic E-state index is 0.377. The summed E-state index contributed by atoms with van der Waals surface area (Å²) < 4.78 is 5.19. The Bertz CT molecular complexity index is 567. The molecule has 2 N–H and O–H groups in total. The predicted octanol–water partition coefficient (Wildman–Crippen LogP) is 2.96. The Morgan fingerprint density at radius 2 is 1.86 bits per heavy atom. The minimum Gasteiger partial charge on any atom is -0.481 e. The van der Waals surface area contributed by atoms with Crippen LogP contribution in [-0.4, -0.2) is 18.1 Å². The smallest absolute Gasteiger partial charge is 0.213 e. The van der Waals surface area contributed by atoms with Crippen LogP contribution in [0.25, 0.3) is 0 Å². The molecule has 4 nitrogen and oxygen atoms in total. The predicted molar refractivity (Wildman–Crippen MR) is 86.4 cm³/mol. The molecule has 0 atom stereocenters. The van der Waals surface area contributed by atoms with E-state index in [2.05, 4.69) is 48.0 Å². The Hall–Kier alpha value is -2.07. The quantitative estimate of drug-likeness (QED) is 0.886. The summed E-state index contributed by atoms with van der Waals surface area (Å²) in [5.41, 5.74) is 8.96. The number of nitrogens with two attached hydrogens (primary N) is 1. The Balaban J connectivity index is 2.21. The van der Waals surface area contributed by atoms with Crippen molar-refractivity contribution in [3.63, 3.8) is 0 Å². The second-order valence-corrected chi connectivity index (χ2v) is 5.26. The molecule has 1 aromatic carbocycles. The van der Waals surface area contributed by atoms with Crippen molar-refractivity contribution in [3.8, 4) is 5.88 Å². The molecule has 0 saturated carbocycles. The summed E-state index contributed by atoms with van der Waals surface area (Å²) in [4.78, 5) is 6.80. The lowest BCUT2D eigenvalue weighted by Crippen LogP contribution is -2.30. The summed E-state index contributed by atoms with van der Waals surface area (Å²) in [6, 6.07) is 14.6. The van der Waals surface area contributed by atoms with Gasteiger partial charge in [0, 0.05) is 24.3 Å². The summed E-state index contributed by atoms with van der Waals surface area (Å²) in [6.45, 7) is 5.67. The van der Waals surface area contributed by atoms with Crippen molar-refractivity contribution < 1.29 is 4.74 Å². The maximum absolute atomic E-state index is 5.65. The van der Waals surface area contributed by atoms with Crippen molar-refractivity contribution in [2.45, 2.75) is 33.0 Å². The average molecular weight is 285 g/mol. The summed E-state index contributed by atoms with van der Waals surface area (Å²) in [7, 11) is 1.64. The first kappa shape index (κ1) is 15.3. The molecule has 0 aliphatic heterocycles. The number of anilines is 1. The van der Waals surface area contributed by atoms with Crippen LogP contribution in [0.15, 0.2) is 42.5 Å². The molecule has 0 spiro atoms. The van der Waals surface area contributed by atoms with E-state index < -0.39 is 0 Å². The fourth-order valence-corrected chi connectivity index (χ4v) is 2.23. The largest absolute Gasteiger partial charge is 0.481 e. The molecule has 1 heterocycles. The van der Waals surface area contributed by atoms with Gasteiger partial charge in [0.2, 0.25) is 5.88 Å². The zero-order valence-corrected chi connectivity index (χ0v) is 12.9. The van der Waals surface area contributed by atoms with Gasteiger partial charge in [-0.1, -0.05) is 18.2 Å². The monoisotopic (exact) mass is 285 g/mol. The van der Waals surface area contributed by atoms with E-state index in [4.69, 9.17) is 10.5 Å². The van der Waals surface area contributed by atoms with Crippen LogP contribution in [-0.2, 0) is 13.1 Å². The van der Waals surface area contributed by atoms with Gasteiger partial charge in [-0.2, -0.15) is 0 Å². The van der Waals surface area contributed by atoms with Crippen molar-refractivity contribution in [2.24, 2.45) is 5.73 Å². The lowest BCUT2D eigenvalue weighted by atomic mass is 10.1. The third kappa shape index (κ3) is 3.95. The minimum absolute atomic E-state index is 0.377. The second kappa shape index (κ2) is 7.09. The van der Waals surface area contributed by atoms with Gasteiger partial charge in [-0.05, 0) is 37.6 Å². The van der Waals surface area contributed by atoms with E-state index in [0.29, 0.717) is 18.5 Å². The summed E-state index contributed by atoms with van der Waals surface area (Å²) >= 11 is 0. The number of pyridine rings is 1. The van der Waals surface area contributed by atoms with E-state index in [1.165, 1.54) is 5.69 Å². The maximum atomic E-state index is 5.65. The molecule has 21 heavy (non-hydrogen) atoms. The topological polar surface area (TPSA) is 51.4 Å². The zero-order chi connectivity index (χ0) is 15.2. The SMILES string of the molecule is COc1cccc(CN(c2ccc(CN)cc2)C(C)C)n1. The average Bonchev–Trinajstić information content (AvgIpc) is 2.52. The molecule has 0 aliphatic carbocycles. The van der Waals surface area contributed by atoms with E-state index in [1.54, 1.807) is 7.11 Å². The molecule has 0 saturated heterocycles. The Morgan fingerprint density at radius 1 is 1.14 bits per heavy atom. The van der Waals surface area contributed by atoms with Gasteiger partial charge in [0.15, 0.2) is 0 Å². The van der Waals surface area contributed by atoms with Crippen molar-refractivity contribution in [1.29, 1.82) is 0 Å². The molecule has 2 rings (SSSR count). The van der Waals surface area contributed by atoms with Gasteiger partial charge in [0.1, 0.15) is 0 Å². The second-order valence-electron chi connectivity index (χ2n) is 5.26. The maximum Gasteiger partial charge on any atom is 0.213 e. The standard InChI is InChI=1S/C17H23N3O/c1-13(2)20(16-9-7-14(11-18)8-10-16)12-15-5-4-6-17(19-15)21-3/h4-10,13H,11-12,18H2,1-3H3. The Morgan fingerprint density at radius 3 is 2.43 bits per heavy atom. The first-order valence-corrected chi connectivity index (χ1v) is 7.19. The molecule has 0 unspecified atom stereocenters. The summed E-state index contributed by atoms with van der Waals surface area (Å²) in [6.07, 6.45) is 0. The third-order valence-corrected chi connectivity index (χ3v) is 3.45. The van der Waals surface area contributed by atoms with E-state index in [1.807, 2.05) is 18.2 Å². The highest BCUT2D eigenvalue weighted by molar-refractivity contribution is 5.48. The van der Waals surface area contributed by atoms with Crippen LogP contribution in [0.5, 0.6) is 5.88 Å². The summed E-state index contributed by atoms with van der Waals surface area (Å²) in [5.74, 6) is 0.648. The molecule has 4 heteroatoms. The molecule has 2 aromatic rings. The molecular formula is C17H23N3O. The molecular weight excluding hydrogens is 262 g/mol. The first-order chi connectivity index (χ1) is 10.1. The number of nitrogens with zero attached hydrogens (tertiary/aromatic N) is 2. The molecule has 0 aliphatic rings. The highest BCUT2D eigenvalue weighted by atomic mass is 16.5. The molecule has 0 amide bonds. The highest BCUT2D eigenvalue weighted by Crippen LogP contribution is 2.21. The first-order valence-electron chi connectivity index (χ1n) is 7.19. The van der Waals surface area contributed by atoms with Crippen LogP contribution < -0.4 is 15.4 Å². The lowest BCUT2D eigenvalue weighted by Gasteiger charge is -2.29. The number of hydrogen-bond donors (Lipinski definition) is 1. The van der Waals surface area contributed by atoms with E-state index in [-0.39, 0.29) is 0 Å². The van der Waals surface area contributed by atoms with E-state index in [0.717, 1.165) is 17.8 Å². The molecule has 0 bridgehead atoms.